The van der Waals surface area contributed by atoms with Crippen LogP contribution in [-0.2, 0) is 12.8 Å². The van der Waals surface area contributed by atoms with Gasteiger partial charge >= 0.3 is 0 Å². The number of aryl methyl sites for hydroxylation is 1. The number of pyridine rings is 1. The summed E-state index contributed by atoms with van der Waals surface area (Å²) in [6.45, 7) is 10.6. The van der Waals surface area contributed by atoms with Gasteiger partial charge in [-0.05, 0) is 76.4 Å². The first-order chi connectivity index (χ1) is 14.9. The lowest BCUT2D eigenvalue weighted by atomic mass is 9.85. The quantitative estimate of drug-likeness (QED) is 0.236. The number of nitrogens with zero attached hydrogens (tertiary/aromatic N) is 4. The van der Waals surface area contributed by atoms with Gasteiger partial charge < -0.3 is 10.3 Å². The maximum absolute atomic E-state index is 9.13. The summed E-state index contributed by atoms with van der Waals surface area (Å²) in [4.78, 5) is 7.79. The minimum absolute atomic E-state index is 0. The van der Waals surface area contributed by atoms with Crippen LogP contribution in [0.25, 0.3) is 0 Å². The number of allylic oxidation sites excluding steroid dienone is 2. The molecule has 1 atom stereocenters. The van der Waals surface area contributed by atoms with Gasteiger partial charge in [0.1, 0.15) is 5.82 Å². The highest BCUT2D eigenvalue weighted by molar-refractivity contribution is 6.10. The van der Waals surface area contributed by atoms with Crippen LogP contribution in [0.3, 0.4) is 0 Å². The molecular formula is C25H42N6. The molecule has 0 amide bonds. The van der Waals surface area contributed by atoms with Crippen molar-refractivity contribution in [1.82, 2.24) is 10.4 Å². The summed E-state index contributed by atoms with van der Waals surface area (Å²) >= 11 is 0. The summed E-state index contributed by atoms with van der Waals surface area (Å²) in [6, 6.07) is -0.0393. The number of rotatable bonds is 7. The molecule has 0 bridgehead atoms. The van der Waals surface area contributed by atoms with Gasteiger partial charge in [-0.3, -0.25) is 5.43 Å². The fraction of sp³-hybridized carbons (Fsp3) is 0.680. The van der Waals surface area contributed by atoms with E-state index in [-0.39, 0.29) is 13.4 Å². The predicted molar refractivity (Wildman–Crippen MR) is 131 cm³/mol. The zero-order valence-electron chi connectivity index (χ0n) is 20.1. The Morgan fingerprint density at radius 2 is 1.77 bits per heavy atom. The molecule has 0 aromatic carbocycles. The lowest BCUT2D eigenvalue weighted by Gasteiger charge is -2.35. The third-order valence-electron chi connectivity index (χ3n) is 6.37. The molecule has 6 nitrogen and oxygen atoms in total. The van der Waals surface area contributed by atoms with Crippen molar-refractivity contribution < 1.29 is 1.43 Å². The summed E-state index contributed by atoms with van der Waals surface area (Å²) in [5, 5.41) is 17.3. The number of anilines is 1. The molecule has 1 aliphatic carbocycles. The minimum atomic E-state index is -0.0393. The van der Waals surface area contributed by atoms with Crippen LogP contribution in [0.4, 0.5) is 5.82 Å². The van der Waals surface area contributed by atoms with Crippen molar-refractivity contribution in [2.45, 2.75) is 85.1 Å². The second-order valence-electron chi connectivity index (χ2n) is 9.54. The van der Waals surface area contributed by atoms with Crippen LogP contribution >= 0.6 is 0 Å². The first-order valence-corrected chi connectivity index (χ1v) is 12.0. The molecular weight excluding hydrogens is 384 g/mol. The van der Waals surface area contributed by atoms with Gasteiger partial charge in [0, 0.05) is 31.3 Å². The molecule has 1 saturated heterocycles. The van der Waals surface area contributed by atoms with Gasteiger partial charge in [-0.15, -0.1) is 0 Å². The van der Waals surface area contributed by atoms with Crippen LogP contribution in [0, 0.1) is 11.3 Å². The maximum atomic E-state index is 9.13. The Kier molecular flexibility index (Phi) is 8.22. The van der Waals surface area contributed by atoms with Crippen molar-refractivity contribution in [3.05, 3.63) is 34.0 Å². The number of aromatic nitrogens is 1. The molecule has 2 heterocycles. The van der Waals surface area contributed by atoms with E-state index in [1.807, 2.05) is 6.08 Å². The van der Waals surface area contributed by atoms with Crippen molar-refractivity contribution >= 4 is 11.5 Å². The lowest BCUT2D eigenvalue weighted by Crippen LogP contribution is -2.35. The van der Waals surface area contributed by atoms with Gasteiger partial charge in [0.2, 0.25) is 0 Å². The highest BCUT2D eigenvalue weighted by Crippen LogP contribution is 2.39. The Balaban J connectivity index is 0.00000363. The first kappa shape index (κ1) is 23.4. The third-order valence-corrected chi connectivity index (χ3v) is 6.37. The molecule has 6 heteroatoms. The summed E-state index contributed by atoms with van der Waals surface area (Å²) < 4.78 is 0. The monoisotopic (exact) mass is 426 g/mol. The summed E-state index contributed by atoms with van der Waals surface area (Å²) in [7, 11) is 1.69. The van der Waals surface area contributed by atoms with Crippen molar-refractivity contribution in [3.63, 3.8) is 0 Å². The zero-order valence-corrected chi connectivity index (χ0v) is 20.1. The fourth-order valence-corrected chi connectivity index (χ4v) is 4.90. The minimum Gasteiger partial charge on any atom is -0.356 e. The van der Waals surface area contributed by atoms with E-state index < -0.39 is 0 Å². The molecule has 0 spiro atoms. The molecule has 0 saturated carbocycles. The number of hydrogen-bond donors (Lipinski definition) is 2. The van der Waals surface area contributed by atoms with Crippen molar-refractivity contribution in [2.24, 2.45) is 16.3 Å². The van der Waals surface area contributed by atoms with Gasteiger partial charge in [-0.25, -0.2) is 4.98 Å². The molecule has 1 unspecified atom stereocenters. The highest BCUT2D eigenvalue weighted by atomic mass is 15.4. The van der Waals surface area contributed by atoms with Gasteiger partial charge in [0.25, 0.3) is 0 Å². The molecule has 1 fully saturated rings. The van der Waals surface area contributed by atoms with Crippen molar-refractivity contribution in [1.29, 1.82) is 5.41 Å². The van der Waals surface area contributed by atoms with E-state index >= 15 is 0 Å². The molecule has 1 aromatic rings. The van der Waals surface area contributed by atoms with Crippen LogP contribution in [0.2, 0.25) is 0 Å². The average Bonchev–Trinajstić information content (AvgIpc) is 2.98. The molecule has 31 heavy (non-hydrogen) atoms. The topological polar surface area (TPSA) is 76.7 Å². The Bertz CT molecular complexity index is 835. The van der Waals surface area contributed by atoms with E-state index in [9.17, 15) is 0 Å². The van der Waals surface area contributed by atoms with E-state index in [2.05, 4.69) is 48.4 Å². The second kappa shape index (κ2) is 10.9. The molecule has 2 N–H and O–H groups in total. The molecule has 1 aliphatic heterocycles. The zero-order chi connectivity index (χ0) is 22.4. The third kappa shape index (κ3) is 5.52. The number of nitrogens with one attached hydrogen (secondary N) is 2. The van der Waals surface area contributed by atoms with Gasteiger partial charge in [0.05, 0.1) is 18.8 Å². The maximum Gasteiger partial charge on any atom is 0.134 e. The molecule has 1 aromatic heterocycles. The van der Waals surface area contributed by atoms with Crippen molar-refractivity contribution in [3.8, 4) is 0 Å². The standard InChI is InChI=1S/C25H40N6.H2/c1-17(2)16-20(26)22-19-12-8-6-9-13-21(19)28-25(31-14-10-7-11-15-31)23(22)24(18(3)4)29-30-27-5;/h16,18,24,26H,6-15H2,1-5H3,(H,27,29);1H. The van der Waals surface area contributed by atoms with E-state index in [0.29, 0.717) is 5.71 Å². The SMILES string of the molecule is CN=NNC(c1c(N2CCCCC2)nc2c(c1C(=N)C=C(C)C)CCCCC2)C(C)C.[HH]. The highest BCUT2D eigenvalue weighted by Gasteiger charge is 2.32. The van der Waals surface area contributed by atoms with Gasteiger partial charge in [0.15, 0.2) is 0 Å². The number of fused-ring (bicyclic) bond motifs is 1. The smallest absolute Gasteiger partial charge is 0.134 e. The van der Waals surface area contributed by atoms with E-state index in [4.69, 9.17) is 10.4 Å². The second-order valence-corrected chi connectivity index (χ2v) is 9.54. The molecule has 3 rings (SSSR count). The largest absolute Gasteiger partial charge is 0.356 e. The normalized spacial score (nSPS) is 17.9. The predicted octanol–water partition coefficient (Wildman–Crippen LogP) is 6.20. The van der Waals surface area contributed by atoms with E-state index in [1.165, 1.54) is 49.8 Å². The van der Waals surface area contributed by atoms with Crippen LogP contribution < -0.4 is 10.3 Å². The Morgan fingerprint density at radius 3 is 2.42 bits per heavy atom. The lowest BCUT2D eigenvalue weighted by molar-refractivity contribution is 0.408. The van der Waals surface area contributed by atoms with Gasteiger partial charge in [-0.1, -0.05) is 31.1 Å². The molecule has 172 valence electrons. The van der Waals surface area contributed by atoms with E-state index in [0.717, 1.165) is 48.4 Å². The van der Waals surface area contributed by atoms with Crippen molar-refractivity contribution in [2.75, 3.05) is 25.0 Å². The van der Waals surface area contributed by atoms with Crippen LogP contribution in [0.1, 0.15) is 96.1 Å². The van der Waals surface area contributed by atoms with Crippen LogP contribution in [-0.4, -0.2) is 30.8 Å². The molecule has 2 aliphatic rings. The number of piperidine rings is 1. The summed E-state index contributed by atoms with van der Waals surface area (Å²) in [5.74, 6) is 1.36. The van der Waals surface area contributed by atoms with Gasteiger partial charge in [-0.2, -0.15) is 5.11 Å². The first-order valence-electron chi connectivity index (χ1n) is 12.0. The fourth-order valence-electron chi connectivity index (χ4n) is 4.90. The Morgan fingerprint density at radius 1 is 1.10 bits per heavy atom. The summed E-state index contributed by atoms with van der Waals surface area (Å²) in [6.07, 6.45) is 11.3. The van der Waals surface area contributed by atoms with E-state index in [1.54, 1.807) is 7.05 Å². The Labute approximate surface area is 189 Å². The summed E-state index contributed by atoms with van der Waals surface area (Å²) in [5.41, 5.74) is 9.80. The molecule has 0 radical (unpaired) electrons. The van der Waals surface area contributed by atoms with Crippen LogP contribution in [0.15, 0.2) is 22.0 Å². The Hall–Kier alpha value is -2.24. The average molecular weight is 427 g/mol. The van der Waals surface area contributed by atoms with Crippen LogP contribution in [0.5, 0.6) is 0 Å². The number of hydrogen-bond acceptors (Lipinski definition) is 5.